The molecule has 0 saturated carbocycles. The average molecular weight is 753 g/mol. The molecule has 19 heteroatoms. The van der Waals surface area contributed by atoms with E-state index in [1.54, 1.807) is 34.6 Å². The number of rotatable bonds is 7. The Morgan fingerprint density at radius 1 is 1.09 bits per heavy atom. The van der Waals surface area contributed by atoms with Crippen molar-refractivity contribution in [3.63, 3.8) is 0 Å². The zero-order valence-electron chi connectivity index (χ0n) is 28.4. The standard InChI is InChI=1S/C34H32ClF3N10O5/c1-3-24-28(45-9-11-46(12-10-45)31(51)27-29(50)18(2)40-17-41-27)32(52)48-33(43-30(44-48)19-4-7-25-23(14-19)39-8-13-53-25)47(24)16-26(49)42-22-6-5-20(15-21(22)35)34(36,37)38/h4-7,14-15,17,39,50H,3,8-13,16H2,1-2H3,(H,42,49). The van der Waals surface area contributed by atoms with E-state index >= 15 is 0 Å². The molecule has 5 heterocycles. The zero-order chi connectivity index (χ0) is 37.6. The third kappa shape index (κ3) is 6.76. The van der Waals surface area contributed by atoms with Gasteiger partial charge in [0.2, 0.25) is 11.7 Å². The topological polar surface area (TPSA) is 172 Å². The van der Waals surface area contributed by atoms with E-state index in [4.69, 9.17) is 21.3 Å². The largest absolute Gasteiger partial charge is 0.504 e. The van der Waals surface area contributed by atoms with Gasteiger partial charge in [0.05, 0.1) is 33.3 Å². The maximum atomic E-state index is 14.3. The summed E-state index contributed by atoms with van der Waals surface area (Å²) in [6, 6.07) is 7.93. The summed E-state index contributed by atoms with van der Waals surface area (Å²) in [5.74, 6) is -0.521. The summed E-state index contributed by atoms with van der Waals surface area (Å²) < 4.78 is 48.1. The Morgan fingerprint density at radius 3 is 2.58 bits per heavy atom. The van der Waals surface area contributed by atoms with Gasteiger partial charge in [0, 0.05) is 38.3 Å². The fraction of sp³-hybridized carbons (Fsp3) is 0.324. The maximum Gasteiger partial charge on any atom is 0.416 e. The number of nitrogens with zero attached hydrogens (tertiary/aromatic N) is 8. The molecule has 3 aromatic heterocycles. The van der Waals surface area contributed by atoms with Crippen molar-refractivity contribution < 1.29 is 32.6 Å². The molecular weight excluding hydrogens is 721 g/mol. The van der Waals surface area contributed by atoms with Gasteiger partial charge in [-0.05, 0) is 49.7 Å². The molecule has 0 bridgehead atoms. The Bertz CT molecular complexity index is 2320. The van der Waals surface area contributed by atoms with Gasteiger partial charge in [-0.25, -0.2) is 9.97 Å². The van der Waals surface area contributed by atoms with Crippen LogP contribution in [-0.4, -0.2) is 90.3 Å². The number of nitrogens with one attached hydrogen (secondary N) is 2. The quantitative estimate of drug-likeness (QED) is 0.220. The molecule has 5 aromatic rings. The first-order valence-corrected chi connectivity index (χ1v) is 17.0. The van der Waals surface area contributed by atoms with Crippen LogP contribution in [0.3, 0.4) is 0 Å². The highest BCUT2D eigenvalue weighted by atomic mass is 35.5. The van der Waals surface area contributed by atoms with E-state index in [1.807, 2.05) is 6.92 Å². The third-order valence-electron chi connectivity index (χ3n) is 9.04. The minimum Gasteiger partial charge on any atom is -0.504 e. The number of hydrogen-bond donors (Lipinski definition) is 3. The van der Waals surface area contributed by atoms with Crippen molar-refractivity contribution in [2.24, 2.45) is 0 Å². The number of fused-ring (bicyclic) bond motifs is 2. The molecule has 2 aliphatic rings. The number of aryl methyl sites for hydroxylation is 1. The number of carbonyl (C=O) groups excluding carboxylic acids is 2. The number of halogens is 4. The van der Waals surface area contributed by atoms with Crippen LogP contribution in [0, 0.1) is 6.92 Å². The number of alkyl halides is 3. The van der Waals surface area contributed by atoms with E-state index in [9.17, 15) is 32.7 Å². The minimum absolute atomic E-state index is 0.0309. The molecule has 2 aromatic carbocycles. The van der Waals surface area contributed by atoms with Crippen molar-refractivity contribution >= 4 is 46.3 Å². The van der Waals surface area contributed by atoms with Gasteiger partial charge in [0.15, 0.2) is 17.3 Å². The fourth-order valence-electron chi connectivity index (χ4n) is 6.36. The van der Waals surface area contributed by atoms with Gasteiger partial charge < -0.3 is 34.8 Å². The molecule has 1 saturated heterocycles. The monoisotopic (exact) mass is 752 g/mol. The van der Waals surface area contributed by atoms with E-state index in [0.29, 0.717) is 30.2 Å². The van der Waals surface area contributed by atoms with Crippen molar-refractivity contribution in [2.75, 3.05) is 54.9 Å². The molecule has 0 unspecified atom stereocenters. The molecule has 1 fully saturated rings. The summed E-state index contributed by atoms with van der Waals surface area (Å²) in [6.07, 6.45) is -3.15. The summed E-state index contributed by atoms with van der Waals surface area (Å²) in [5, 5.41) is 20.5. The van der Waals surface area contributed by atoms with Crippen molar-refractivity contribution in [2.45, 2.75) is 33.0 Å². The molecule has 15 nitrogen and oxygen atoms in total. The van der Waals surface area contributed by atoms with E-state index in [2.05, 4.69) is 25.7 Å². The Kier molecular flexibility index (Phi) is 9.31. The summed E-state index contributed by atoms with van der Waals surface area (Å²) in [4.78, 5) is 57.1. The molecule has 2 amide bonds. The van der Waals surface area contributed by atoms with Crippen molar-refractivity contribution in [1.82, 2.24) is 34.0 Å². The van der Waals surface area contributed by atoms with Crippen LogP contribution in [0.2, 0.25) is 5.02 Å². The summed E-state index contributed by atoms with van der Waals surface area (Å²) in [5.41, 5.74) is 0.631. The van der Waals surface area contributed by atoms with E-state index in [0.717, 1.165) is 28.4 Å². The SMILES string of the molecule is CCc1c(N2CCN(C(=O)c3ncnc(C)c3O)CC2)c(=O)n2nc(-c3ccc4c(c3)NCCO4)nc2n1CC(=O)Nc1ccc(C(F)(F)F)cc1Cl. The highest BCUT2D eigenvalue weighted by molar-refractivity contribution is 6.33. The second-order valence-electron chi connectivity index (χ2n) is 12.3. The van der Waals surface area contributed by atoms with Gasteiger partial charge in [0.25, 0.3) is 11.5 Å². The van der Waals surface area contributed by atoms with Crippen LogP contribution in [0.5, 0.6) is 11.5 Å². The normalized spacial score (nSPS) is 14.5. The molecule has 0 spiro atoms. The molecule has 7 rings (SSSR count). The van der Waals surface area contributed by atoms with Crippen LogP contribution in [0.4, 0.5) is 30.2 Å². The van der Waals surface area contributed by atoms with Gasteiger partial charge in [0.1, 0.15) is 30.9 Å². The molecule has 3 N–H and O–H groups in total. The van der Waals surface area contributed by atoms with E-state index < -0.39 is 35.7 Å². The van der Waals surface area contributed by atoms with Gasteiger partial charge in [-0.15, -0.1) is 5.10 Å². The highest BCUT2D eigenvalue weighted by Gasteiger charge is 2.32. The Hall–Kier alpha value is -5.91. The lowest BCUT2D eigenvalue weighted by Crippen LogP contribution is -2.51. The number of benzene rings is 2. The number of amides is 2. The minimum atomic E-state index is -4.62. The predicted molar refractivity (Wildman–Crippen MR) is 188 cm³/mol. The number of aromatic hydroxyl groups is 1. The lowest BCUT2D eigenvalue weighted by molar-refractivity contribution is -0.137. The van der Waals surface area contributed by atoms with Crippen LogP contribution >= 0.6 is 11.6 Å². The van der Waals surface area contributed by atoms with Crippen LogP contribution in [0.25, 0.3) is 17.2 Å². The molecule has 0 atom stereocenters. The second kappa shape index (κ2) is 13.9. The second-order valence-corrected chi connectivity index (χ2v) is 12.8. The van der Waals surface area contributed by atoms with Gasteiger partial charge >= 0.3 is 6.18 Å². The fourth-order valence-corrected chi connectivity index (χ4v) is 6.59. The third-order valence-corrected chi connectivity index (χ3v) is 9.35. The lowest BCUT2D eigenvalue weighted by atomic mass is 10.1. The molecule has 0 aliphatic carbocycles. The Balaban J connectivity index is 1.26. The molecule has 0 radical (unpaired) electrons. The maximum absolute atomic E-state index is 14.3. The van der Waals surface area contributed by atoms with Crippen LogP contribution in [0.1, 0.15) is 34.4 Å². The van der Waals surface area contributed by atoms with E-state index in [-0.39, 0.29) is 77.7 Å². The smallest absolute Gasteiger partial charge is 0.416 e. The first kappa shape index (κ1) is 35.5. The number of ether oxygens (including phenoxy) is 1. The lowest BCUT2D eigenvalue weighted by Gasteiger charge is -2.36. The van der Waals surface area contributed by atoms with Crippen LogP contribution in [0.15, 0.2) is 47.5 Å². The molecule has 2 aliphatic heterocycles. The number of aromatic nitrogens is 6. The number of anilines is 3. The summed E-state index contributed by atoms with van der Waals surface area (Å²) in [6.45, 7) is 4.87. The molecular formula is C34H32ClF3N10O5. The van der Waals surface area contributed by atoms with Crippen LogP contribution < -0.4 is 25.8 Å². The summed E-state index contributed by atoms with van der Waals surface area (Å²) in [7, 11) is 0. The first-order valence-electron chi connectivity index (χ1n) is 16.6. The van der Waals surface area contributed by atoms with Gasteiger partial charge in [-0.3, -0.25) is 14.4 Å². The number of hydrogen-bond acceptors (Lipinski definition) is 11. The Labute approximate surface area is 304 Å². The first-order chi connectivity index (χ1) is 25.3. The predicted octanol–water partition coefficient (Wildman–Crippen LogP) is 4.00. The van der Waals surface area contributed by atoms with E-state index in [1.165, 1.54) is 11.2 Å². The van der Waals surface area contributed by atoms with Crippen molar-refractivity contribution in [3.05, 3.63) is 80.7 Å². The summed E-state index contributed by atoms with van der Waals surface area (Å²) >= 11 is 6.14. The zero-order valence-corrected chi connectivity index (χ0v) is 29.1. The van der Waals surface area contributed by atoms with Crippen molar-refractivity contribution in [1.29, 1.82) is 0 Å². The Morgan fingerprint density at radius 2 is 1.87 bits per heavy atom. The van der Waals surface area contributed by atoms with Crippen molar-refractivity contribution in [3.8, 4) is 22.9 Å². The molecule has 53 heavy (non-hydrogen) atoms. The number of carbonyl (C=O) groups is 2. The van der Waals surface area contributed by atoms with Crippen LogP contribution in [-0.2, 0) is 23.9 Å². The van der Waals surface area contributed by atoms with Gasteiger partial charge in [-0.2, -0.15) is 22.7 Å². The average Bonchev–Trinajstić information content (AvgIpc) is 3.60. The molecule has 276 valence electrons. The number of piperazine rings is 1. The van der Waals surface area contributed by atoms with Gasteiger partial charge in [-0.1, -0.05) is 18.5 Å². The highest BCUT2D eigenvalue weighted by Crippen LogP contribution is 2.35.